The molecule has 0 atom stereocenters. The van der Waals surface area contributed by atoms with E-state index in [1.807, 2.05) is 54.6 Å². The molecule has 25 heavy (non-hydrogen) atoms. The van der Waals surface area contributed by atoms with Gasteiger partial charge >= 0.3 is 0 Å². The lowest BCUT2D eigenvalue weighted by molar-refractivity contribution is 0.0954. The summed E-state index contributed by atoms with van der Waals surface area (Å²) in [6, 6.07) is 17.5. The van der Waals surface area contributed by atoms with E-state index in [2.05, 4.69) is 25.6 Å². The monoisotopic (exact) mass is 349 g/mol. The maximum Gasteiger partial charge on any atom is 0.263 e. The lowest BCUT2D eigenvalue weighted by Crippen LogP contribution is -2.22. The molecule has 0 bridgehead atoms. The second-order valence-corrected chi connectivity index (χ2v) is 6.43. The molecule has 1 amide bonds. The number of fused-ring (bicyclic) bond motifs is 1. The topological polar surface area (TPSA) is 82.7 Å². The van der Waals surface area contributed by atoms with Crippen LogP contribution in [0.5, 0.6) is 0 Å². The van der Waals surface area contributed by atoms with E-state index in [0.717, 1.165) is 22.5 Å². The van der Waals surface area contributed by atoms with E-state index in [1.165, 1.54) is 11.3 Å². The first-order chi connectivity index (χ1) is 12.3. The fourth-order valence-electron chi connectivity index (χ4n) is 2.42. The average Bonchev–Trinajstić information content (AvgIpc) is 3.27. The summed E-state index contributed by atoms with van der Waals surface area (Å²) in [5, 5.41) is 6.72. The van der Waals surface area contributed by atoms with E-state index in [4.69, 9.17) is 0 Å². The number of carbonyl (C=O) groups is 1. The van der Waals surface area contributed by atoms with Crippen molar-refractivity contribution in [1.82, 2.24) is 20.3 Å². The van der Waals surface area contributed by atoms with Crippen LogP contribution in [0.1, 0.15) is 15.5 Å². The second-order valence-electron chi connectivity index (χ2n) is 5.40. The summed E-state index contributed by atoms with van der Waals surface area (Å²) >= 11 is 1.31. The summed E-state index contributed by atoms with van der Waals surface area (Å²) in [5.41, 5.74) is 2.78. The highest BCUT2D eigenvalue weighted by Gasteiger charge is 2.11. The van der Waals surface area contributed by atoms with Crippen LogP contribution in [0.3, 0.4) is 0 Å². The van der Waals surface area contributed by atoms with E-state index in [9.17, 15) is 4.79 Å². The molecule has 0 aliphatic rings. The molecule has 0 spiro atoms. The minimum atomic E-state index is -0.168. The van der Waals surface area contributed by atoms with Crippen LogP contribution in [0.4, 0.5) is 10.8 Å². The molecule has 7 heteroatoms. The van der Waals surface area contributed by atoms with Gasteiger partial charge in [-0.05, 0) is 24.3 Å². The maximum atomic E-state index is 12.3. The standard InChI is InChI=1S/C18H15N5OS/c24-17(19-11-16-22-13-8-4-5-9-14(13)23-16)15-10-20-18(25-15)21-12-6-2-1-3-7-12/h1-10H,11H2,(H,19,24)(H,20,21)(H,22,23). The van der Waals surface area contributed by atoms with E-state index in [-0.39, 0.29) is 5.91 Å². The van der Waals surface area contributed by atoms with E-state index < -0.39 is 0 Å². The molecule has 0 radical (unpaired) electrons. The minimum absolute atomic E-state index is 0.168. The quantitative estimate of drug-likeness (QED) is 0.513. The number of aromatic amines is 1. The lowest BCUT2D eigenvalue weighted by atomic mass is 10.3. The van der Waals surface area contributed by atoms with Crippen LogP contribution in [0.2, 0.25) is 0 Å². The van der Waals surface area contributed by atoms with Crippen LogP contribution >= 0.6 is 11.3 Å². The number of thiazole rings is 1. The largest absolute Gasteiger partial charge is 0.344 e. The number of nitrogens with one attached hydrogen (secondary N) is 3. The summed E-state index contributed by atoms with van der Waals surface area (Å²) in [7, 11) is 0. The van der Waals surface area contributed by atoms with Crippen LogP contribution in [0.25, 0.3) is 11.0 Å². The van der Waals surface area contributed by atoms with Crippen LogP contribution in [-0.4, -0.2) is 20.9 Å². The number of H-pyrrole nitrogens is 1. The molecule has 0 saturated carbocycles. The molecule has 0 aliphatic carbocycles. The molecule has 0 saturated heterocycles. The van der Waals surface area contributed by atoms with Gasteiger partial charge in [-0.25, -0.2) is 9.97 Å². The fourth-order valence-corrected chi connectivity index (χ4v) is 3.18. The normalized spacial score (nSPS) is 10.7. The van der Waals surface area contributed by atoms with Gasteiger partial charge in [-0.1, -0.05) is 41.7 Å². The predicted molar refractivity (Wildman–Crippen MR) is 99.1 cm³/mol. The summed E-state index contributed by atoms with van der Waals surface area (Å²) in [6.45, 7) is 0.340. The Bertz CT molecular complexity index is 975. The number of hydrogen-bond donors (Lipinski definition) is 3. The Morgan fingerprint density at radius 1 is 1.08 bits per heavy atom. The zero-order valence-electron chi connectivity index (χ0n) is 13.2. The first kappa shape index (κ1) is 15.3. The van der Waals surface area contributed by atoms with Crippen LogP contribution in [-0.2, 0) is 6.54 Å². The second kappa shape index (κ2) is 6.74. The first-order valence-corrected chi connectivity index (χ1v) is 8.59. The van der Waals surface area contributed by atoms with E-state index in [1.54, 1.807) is 6.20 Å². The Balaban J connectivity index is 1.39. The number of amides is 1. The van der Waals surface area contributed by atoms with Crippen molar-refractivity contribution in [3.8, 4) is 0 Å². The van der Waals surface area contributed by atoms with Gasteiger partial charge in [-0.3, -0.25) is 4.79 Å². The molecule has 4 rings (SSSR count). The summed E-state index contributed by atoms with van der Waals surface area (Å²) < 4.78 is 0. The van der Waals surface area contributed by atoms with Gasteiger partial charge in [0.05, 0.1) is 23.8 Å². The number of anilines is 2. The van der Waals surface area contributed by atoms with Crippen molar-refractivity contribution in [2.24, 2.45) is 0 Å². The number of carbonyl (C=O) groups excluding carboxylic acids is 1. The molecule has 0 aliphatic heterocycles. The van der Waals surface area contributed by atoms with Crippen molar-refractivity contribution in [1.29, 1.82) is 0 Å². The number of hydrogen-bond acceptors (Lipinski definition) is 5. The molecule has 2 aromatic carbocycles. The summed E-state index contributed by atoms with van der Waals surface area (Å²) in [4.78, 5) is 24.7. The fraction of sp³-hybridized carbons (Fsp3) is 0.0556. The third kappa shape index (κ3) is 3.51. The Morgan fingerprint density at radius 3 is 2.72 bits per heavy atom. The third-order valence-electron chi connectivity index (χ3n) is 3.61. The number of aromatic nitrogens is 3. The van der Waals surface area contributed by atoms with Crippen molar-refractivity contribution >= 4 is 39.1 Å². The molecular weight excluding hydrogens is 334 g/mol. The first-order valence-electron chi connectivity index (χ1n) is 7.78. The van der Waals surface area contributed by atoms with Gasteiger partial charge in [0.2, 0.25) is 0 Å². The van der Waals surface area contributed by atoms with Gasteiger partial charge in [-0.2, -0.15) is 0 Å². The Kier molecular flexibility index (Phi) is 4.14. The van der Waals surface area contributed by atoms with Gasteiger partial charge < -0.3 is 15.6 Å². The van der Waals surface area contributed by atoms with Crippen molar-refractivity contribution in [2.45, 2.75) is 6.54 Å². The lowest BCUT2D eigenvalue weighted by Gasteiger charge is -2.01. The van der Waals surface area contributed by atoms with E-state index in [0.29, 0.717) is 16.6 Å². The highest BCUT2D eigenvalue weighted by molar-refractivity contribution is 7.17. The summed E-state index contributed by atoms with van der Waals surface area (Å²) in [5.74, 6) is 0.556. The summed E-state index contributed by atoms with van der Waals surface area (Å²) in [6.07, 6.45) is 1.57. The van der Waals surface area contributed by atoms with Gasteiger partial charge in [0.15, 0.2) is 5.13 Å². The van der Waals surface area contributed by atoms with Crippen molar-refractivity contribution in [3.05, 3.63) is 71.5 Å². The zero-order valence-corrected chi connectivity index (χ0v) is 14.0. The Morgan fingerprint density at radius 2 is 1.88 bits per heavy atom. The van der Waals surface area contributed by atoms with Gasteiger partial charge in [-0.15, -0.1) is 0 Å². The third-order valence-corrected chi connectivity index (χ3v) is 4.52. The number of imidazole rings is 1. The SMILES string of the molecule is O=C(NCc1nc2ccccc2[nH]1)c1cnc(Nc2ccccc2)s1. The minimum Gasteiger partial charge on any atom is -0.344 e. The van der Waals surface area contributed by atoms with Gasteiger partial charge in [0.1, 0.15) is 10.7 Å². The van der Waals surface area contributed by atoms with Crippen LogP contribution in [0.15, 0.2) is 60.8 Å². The molecule has 0 fully saturated rings. The molecule has 2 heterocycles. The Labute approximate surface area is 148 Å². The predicted octanol–water partition coefficient (Wildman–Crippen LogP) is 3.69. The van der Waals surface area contributed by atoms with Gasteiger partial charge in [0.25, 0.3) is 5.91 Å². The highest BCUT2D eigenvalue weighted by Crippen LogP contribution is 2.22. The molecule has 6 nitrogen and oxygen atoms in total. The van der Waals surface area contributed by atoms with E-state index >= 15 is 0 Å². The average molecular weight is 349 g/mol. The molecule has 4 aromatic rings. The maximum absolute atomic E-state index is 12.3. The van der Waals surface area contributed by atoms with Crippen molar-refractivity contribution in [2.75, 3.05) is 5.32 Å². The van der Waals surface area contributed by atoms with Gasteiger partial charge in [0, 0.05) is 5.69 Å². The number of rotatable bonds is 5. The molecular formula is C18H15N5OS. The molecule has 0 unspecified atom stereocenters. The number of para-hydroxylation sites is 3. The smallest absolute Gasteiger partial charge is 0.263 e. The molecule has 3 N–H and O–H groups in total. The van der Waals surface area contributed by atoms with Crippen LogP contribution < -0.4 is 10.6 Å². The number of nitrogens with zero attached hydrogens (tertiary/aromatic N) is 2. The van der Waals surface area contributed by atoms with Crippen molar-refractivity contribution in [3.63, 3.8) is 0 Å². The van der Waals surface area contributed by atoms with Crippen LogP contribution in [0, 0.1) is 0 Å². The number of benzene rings is 2. The molecule has 2 aromatic heterocycles. The molecule has 124 valence electrons. The highest BCUT2D eigenvalue weighted by atomic mass is 32.1. The zero-order chi connectivity index (χ0) is 17.1. The van der Waals surface area contributed by atoms with Crippen molar-refractivity contribution < 1.29 is 4.79 Å². The Hall–Kier alpha value is -3.19.